The van der Waals surface area contributed by atoms with E-state index in [2.05, 4.69) is 25.5 Å². The lowest BCUT2D eigenvalue weighted by atomic mass is 10.0. The summed E-state index contributed by atoms with van der Waals surface area (Å²) in [4.78, 5) is 24.1. The molecule has 1 fully saturated rings. The number of carbonyl (C=O) groups is 1. The van der Waals surface area contributed by atoms with Crippen LogP contribution >= 0.6 is 11.6 Å². The van der Waals surface area contributed by atoms with Crippen molar-refractivity contribution in [2.75, 3.05) is 39.3 Å². The standard InChI is InChI=1S/C25H29ClFN5O/c26-21-7-6-18(16-22(21)27)8-10-29-25-30-11-9-23(31-25)19-4-3-5-20(17-19)24(33)28-12-15-32-13-1-2-14-32/h3-7,16-17H,1-2,8-15H2,(H,28,33)(H,29,30). The monoisotopic (exact) mass is 469 g/mol. The first-order valence-corrected chi connectivity index (χ1v) is 11.9. The molecule has 8 heteroatoms. The van der Waals surface area contributed by atoms with Gasteiger partial charge in [0.15, 0.2) is 0 Å². The summed E-state index contributed by atoms with van der Waals surface area (Å²) in [6.45, 7) is 5.01. The number of carbonyl (C=O) groups excluding carboxylic acids is 1. The van der Waals surface area contributed by atoms with Crippen LogP contribution < -0.4 is 10.6 Å². The molecular formula is C25H29ClFN5O. The summed E-state index contributed by atoms with van der Waals surface area (Å²) in [5.74, 6) is 0.0882. The Kier molecular flexibility index (Phi) is 8.07. The molecule has 2 heterocycles. The van der Waals surface area contributed by atoms with Crippen LogP contribution in [0.15, 0.2) is 52.4 Å². The molecule has 0 aliphatic carbocycles. The third kappa shape index (κ3) is 6.62. The van der Waals surface area contributed by atoms with Crippen molar-refractivity contribution in [3.8, 4) is 0 Å². The molecule has 2 aliphatic heterocycles. The van der Waals surface area contributed by atoms with Crippen LogP contribution in [0.1, 0.15) is 40.7 Å². The van der Waals surface area contributed by atoms with Crippen LogP contribution in [0.25, 0.3) is 0 Å². The number of likely N-dealkylation sites (tertiary alicyclic amines) is 1. The minimum atomic E-state index is -0.413. The largest absolute Gasteiger partial charge is 0.354 e. The Labute approximate surface area is 199 Å². The zero-order valence-electron chi connectivity index (χ0n) is 18.6. The predicted molar refractivity (Wildman–Crippen MR) is 131 cm³/mol. The Morgan fingerprint density at radius 1 is 1.12 bits per heavy atom. The maximum atomic E-state index is 13.6. The number of halogens is 2. The molecule has 0 unspecified atom stereocenters. The van der Waals surface area contributed by atoms with Gasteiger partial charge >= 0.3 is 0 Å². The van der Waals surface area contributed by atoms with E-state index in [1.807, 2.05) is 30.3 Å². The van der Waals surface area contributed by atoms with Crippen molar-refractivity contribution in [3.05, 3.63) is 70.0 Å². The third-order valence-corrected chi connectivity index (χ3v) is 6.21. The number of hydrogen-bond acceptors (Lipinski definition) is 5. The number of nitrogens with one attached hydrogen (secondary N) is 2. The Balaban J connectivity index is 1.31. The van der Waals surface area contributed by atoms with Crippen molar-refractivity contribution in [2.45, 2.75) is 25.7 Å². The molecule has 2 N–H and O–H groups in total. The van der Waals surface area contributed by atoms with E-state index in [4.69, 9.17) is 11.6 Å². The summed E-state index contributed by atoms with van der Waals surface area (Å²) in [6, 6.07) is 12.4. The Bertz CT molecular complexity index is 1050. The van der Waals surface area contributed by atoms with E-state index in [0.717, 1.165) is 36.5 Å². The van der Waals surface area contributed by atoms with Crippen molar-refractivity contribution < 1.29 is 9.18 Å². The van der Waals surface area contributed by atoms with Gasteiger partial charge in [-0.25, -0.2) is 9.38 Å². The fourth-order valence-corrected chi connectivity index (χ4v) is 4.20. The van der Waals surface area contributed by atoms with E-state index in [1.165, 1.54) is 18.9 Å². The maximum absolute atomic E-state index is 13.6. The van der Waals surface area contributed by atoms with E-state index in [-0.39, 0.29) is 10.9 Å². The van der Waals surface area contributed by atoms with Crippen LogP contribution in [0, 0.1) is 5.82 Å². The average Bonchev–Trinajstić information content (AvgIpc) is 3.35. The molecule has 0 atom stereocenters. The summed E-state index contributed by atoms with van der Waals surface area (Å²) >= 11 is 5.74. The molecule has 0 radical (unpaired) electrons. The lowest BCUT2D eigenvalue weighted by Crippen LogP contribution is -2.33. The van der Waals surface area contributed by atoms with Crippen molar-refractivity contribution in [2.24, 2.45) is 9.98 Å². The van der Waals surface area contributed by atoms with Gasteiger partial charge in [0.25, 0.3) is 5.91 Å². The normalized spacial score (nSPS) is 16.3. The third-order valence-electron chi connectivity index (χ3n) is 5.90. The minimum Gasteiger partial charge on any atom is -0.354 e. The van der Waals surface area contributed by atoms with Gasteiger partial charge in [-0.2, -0.15) is 0 Å². The number of amides is 1. The fourth-order valence-electron chi connectivity index (χ4n) is 4.08. The van der Waals surface area contributed by atoms with Gasteiger partial charge in [0, 0.05) is 38.2 Å². The Hall–Kier alpha value is -2.77. The predicted octanol–water partition coefficient (Wildman–Crippen LogP) is 3.69. The zero-order valence-corrected chi connectivity index (χ0v) is 19.4. The number of aliphatic imine (C=N–C) groups is 2. The summed E-state index contributed by atoms with van der Waals surface area (Å²) in [5.41, 5.74) is 3.32. The van der Waals surface area contributed by atoms with E-state index in [0.29, 0.717) is 44.0 Å². The van der Waals surface area contributed by atoms with Crippen molar-refractivity contribution in [3.63, 3.8) is 0 Å². The topological polar surface area (TPSA) is 69.1 Å². The molecule has 33 heavy (non-hydrogen) atoms. The number of guanidine groups is 1. The molecular weight excluding hydrogens is 441 g/mol. The first kappa shape index (κ1) is 23.4. The van der Waals surface area contributed by atoms with Gasteiger partial charge in [-0.05, 0) is 67.7 Å². The highest BCUT2D eigenvalue weighted by Crippen LogP contribution is 2.16. The van der Waals surface area contributed by atoms with Gasteiger partial charge in [0.1, 0.15) is 5.82 Å². The molecule has 0 bridgehead atoms. The fraction of sp³-hybridized carbons (Fsp3) is 0.400. The van der Waals surface area contributed by atoms with Crippen molar-refractivity contribution >= 4 is 29.2 Å². The molecule has 4 rings (SSSR count). The van der Waals surface area contributed by atoms with Gasteiger partial charge in [0.05, 0.1) is 10.7 Å². The maximum Gasteiger partial charge on any atom is 0.251 e. The zero-order chi connectivity index (χ0) is 23.0. The molecule has 1 saturated heterocycles. The highest BCUT2D eigenvalue weighted by atomic mass is 35.5. The lowest BCUT2D eigenvalue weighted by molar-refractivity contribution is 0.0949. The van der Waals surface area contributed by atoms with Gasteiger partial charge in [-0.1, -0.05) is 29.8 Å². The van der Waals surface area contributed by atoms with Gasteiger partial charge in [0.2, 0.25) is 5.96 Å². The van der Waals surface area contributed by atoms with Crippen LogP contribution in [-0.2, 0) is 6.42 Å². The van der Waals surface area contributed by atoms with Crippen LogP contribution in [0.2, 0.25) is 5.02 Å². The molecule has 0 aromatic heterocycles. The van der Waals surface area contributed by atoms with Gasteiger partial charge in [-0.15, -0.1) is 0 Å². The van der Waals surface area contributed by atoms with Crippen LogP contribution in [0.5, 0.6) is 0 Å². The highest BCUT2D eigenvalue weighted by Gasteiger charge is 2.14. The summed E-state index contributed by atoms with van der Waals surface area (Å²) in [6.07, 6.45) is 3.84. The molecule has 174 valence electrons. The molecule has 1 amide bonds. The molecule has 2 aromatic carbocycles. The highest BCUT2D eigenvalue weighted by molar-refractivity contribution is 6.30. The average molecular weight is 470 g/mol. The minimum absolute atomic E-state index is 0.0605. The van der Waals surface area contributed by atoms with E-state index >= 15 is 0 Å². The number of nitrogens with zero attached hydrogens (tertiary/aromatic N) is 3. The molecule has 6 nitrogen and oxygen atoms in total. The summed E-state index contributed by atoms with van der Waals surface area (Å²) in [5, 5.41) is 6.37. The quantitative estimate of drug-likeness (QED) is 0.619. The molecule has 0 spiro atoms. The summed E-state index contributed by atoms with van der Waals surface area (Å²) in [7, 11) is 0. The van der Waals surface area contributed by atoms with Gasteiger partial charge in [-0.3, -0.25) is 9.79 Å². The second kappa shape index (κ2) is 11.4. The van der Waals surface area contributed by atoms with E-state index in [1.54, 1.807) is 6.07 Å². The Morgan fingerprint density at radius 3 is 2.79 bits per heavy atom. The smallest absolute Gasteiger partial charge is 0.251 e. The number of benzene rings is 2. The van der Waals surface area contributed by atoms with Crippen LogP contribution in [0.4, 0.5) is 4.39 Å². The number of rotatable bonds is 8. The van der Waals surface area contributed by atoms with Crippen molar-refractivity contribution in [1.29, 1.82) is 0 Å². The summed E-state index contributed by atoms with van der Waals surface area (Å²) < 4.78 is 13.6. The lowest BCUT2D eigenvalue weighted by Gasteiger charge is -2.16. The molecule has 2 aliphatic rings. The Morgan fingerprint density at radius 2 is 1.97 bits per heavy atom. The van der Waals surface area contributed by atoms with E-state index in [9.17, 15) is 9.18 Å². The SMILES string of the molecule is O=C(NCCN1CCCC1)c1cccc(C2=NC(NCCc3ccc(Cl)c(F)c3)=NCC2)c1. The second-order valence-corrected chi connectivity index (χ2v) is 8.73. The second-order valence-electron chi connectivity index (χ2n) is 8.32. The number of hydrogen-bond donors (Lipinski definition) is 2. The van der Waals surface area contributed by atoms with Crippen LogP contribution in [0.3, 0.4) is 0 Å². The van der Waals surface area contributed by atoms with Crippen LogP contribution in [-0.4, -0.2) is 61.7 Å². The van der Waals surface area contributed by atoms with E-state index < -0.39 is 5.82 Å². The first-order valence-electron chi connectivity index (χ1n) is 11.5. The van der Waals surface area contributed by atoms with Crippen molar-refractivity contribution in [1.82, 2.24) is 15.5 Å². The molecule has 0 saturated carbocycles. The van der Waals surface area contributed by atoms with Gasteiger partial charge < -0.3 is 15.5 Å². The first-order chi connectivity index (χ1) is 16.1. The molecule has 2 aromatic rings.